The van der Waals surface area contributed by atoms with E-state index < -0.39 is 24.6 Å². The first-order valence-electron chi connectivity index (χ1n) is 7.65. The fourth-order valence-electron chi connectivity index (χ4n) is 2.55. The second kappa shape index (κ2) is 7.19. The molecule has 0 radical (unpaired) electrons. The van der Waals surface area contributed by atoms with Crippen LogP contribution in [-0.4, -0.2) is 53.6 Å². The highest BCUT2D eigenvalue weighted by molar-refractivity contribution is 5.65. The fourth-order valence-corrected chi connectivity index (χ4v) is 2.55. The van der Waals surface area contributed by atoms with Crippen molar-refractivity contribution in [2.24, 2.45) is 0 Å². The van der Waals surface area contributed by atoms with E-state index in [1.807, 2.05) is 36.4 Å². The zero-order valence-electron chi connectivity index (χ0n) is 13.2. The van der Waals surface area contributed by atoms with E-state index in [-0.39, 0.29) is 6.61 Å². The Bertz CT molecular complexity index is 671. The number of benzene rings is 2. The molecule has 4 atom stereocenters. The van der Waals surface area contributed by atoms with Crippen LogP contribution in [0.5, 0.6) is 11.5 Å². The van der Waals surface area contributed by atoms with Crippen molar-refractivity contribution in [3.63, 3.8) is 0 Å². The summed E-state index contributed by atoms with van der Waals surface area (Å²) in [7, 11) is 1.62. The van der Waals surface area contributed by atoms with Crippen LogP contribution in [0.3, 0.4) is 0 Å². The zero-order valence-corrected chi connectivity index (χ0v) is 13.2. The van der Waals surface area contributed by atoms with Gasteiger partial charge < -0.3 is 29.5 Å². The Kier molecular flexibility index (Phi) is 5.01. The summed E-state index contributed by atoms with van der Waals surface area (Å²) in [5.41, 5.74) is 2.00. The van der Waals surface area contributed by atoms with Gasteiger partial charge in [-0.3, -0.25) is 0 Å². The fraction of sp³-hybridized carbons (Fsp3) is 0.333. The van der Waals surface area contributed by atoms with E-state index in [0.717, 1.165) is 16.9 Å². The maximum Gasteiger partial charge on any atom is 0.228 e. The lowest BCUT2D eigenvalue weighted by molar-refractivity contribution is -0.242. The molecular weight excluding hydrogens is 312 g/mol. The second-order valence-corrected chi connectivity index (χ2v) is 5.62. The van der Waals surface area contributed by atoms with Crippen LogP contribution in [0.15, 0.2) is 48.5 Å². The molecule has 3 rings (SSSR count). The third kappa shape index (κ3) is 3.52. The monoisotopic (exact) mass is 332 g/mol. The molecule has 1 fully saturated rings. The number of ether oxygens (including phenoxy) is 3. The van der Waals surface area contributed by atoms with Crippen LogP contribution in [0.25, 0.3) is 11.1 Å². The van der Waals surface area contributed by atoms with Gasteiger partial charge in [-0.1, -0.05) is 24.3 Å². The molecule has 3 N–H and O–H groups in total. The van der Waals surface area contributed by atoms with Gasteiger partial charge in [0.05, 0.1) is 13.7 Å². The summed E-state index contributed by atoms with van der Waals surface area (Å²) in [4.78, 5) is 0. The summed E-state index contributed by atoms with van der Waals surface area (Å²) in [5, 5.41) is 29.0. The Morgan fingerprint density at radius 1 is 0.917 bits per heavy atom. The zero-order chi connectivity index (χ0) is 17.1. The van der Waals surface area contributed by atoms with E-state index in [1.165, 1.54) is 0 Å². The van der Waals surface area contributed by atoms with Crippen LogP contribution in [0.4, 0.5) is 0 Å². The third-order valence-electron chi connectivity index (χ3n) is 3.96. The molecule has 128 valence electrons. The Morgan fingerprint density at radius 2 is 1.67 bits per heavy atom. The minimum atomic E-state index is -1.31. The highest BCUT2D eigenvalue weighted by atomic mass is 16.7. The third-order valence-corrected chi connectivity index (χ3v) is 3.96. The smallest absolute Gasteiger partial charge is 0.228 e. The Labute approximate surface area is 139 Å². The Balaban J connectivity index is 1.70. The number of aliphatic hydroxyl groups is 3. The molecule has 0 aromatic heterocycles. The molecule has 1 aliphatic rings. The molecule has 4 unspecified atom stereocenters. The molecule has 24 heavy (non-hydrogen) atoms. The molecule has 6 heteroatoms. The molecule has 2 aromatic rings. The molecular formula is C18H20O6. The molecule has 6 nitrogen and oxygen atoms in total. The van der Waals surface area contributed by atoms with Crippen molar-refractivity contribution in [2.45, 2.75) is 24.6 Å². The average molecular weight is 332 g/mol. The highest BCUT2D eigenvalue weighted by Crippen LogP contribution is 2.27. The van der Waals surface area contributed by atoms with E-state index in [0.29, 0.717) is 5.75 Å². The van der Waals surface area contributed by atoms with Gasteiger partial charge >= 0.3 is 0 Å². The lowest BCUT2D eigenvalue weighted by Gasteiger charge is -2.34. The first-order valence-corrected chi connectivity index (χ1v) is 7.65. The molecule has 0 amide bonds. The maximum absolute atomic E-state index is 9.89. The Morgan fingerprint density at radius 3 is 2.38 bits per heavy atom. The number of methoxy groups -OCH3 is 1. The standard InChI is InChI=1S/C18H20O6/c1-22-14-4-2-3-12(9-14)11-5-7-13(8-6-11)24-18-17(21)16(20)15(19)10-23-18/h2-9,15-21H,10H2,1H3. The van der Waals surface area contributed by atoms with Crippen LogP contribution < -0.4 is 9.47 Å². The molecule has 2 aromatic carbocycles. The van der Waals surface area contributed by atoms with Crippen molar-refractivity contribution in [1.29, 1.82) is 0 Å². The van der Waals surface area contributed by atoms with Gasteiger partial charge in [0.15, 0.2) is 0 Å². The largest absolute Gasteiger partial charge is 0.497 e. The predicted octanol–water partition coefficient (Wildman–Crippen LogP) is 1.18. The summed E-state index contributed by atoms with van der Waals surface area (Å²) in [6, 6.07) is 15.0. The van der Waals surface area contributed by atoms with Crippen molar-refractivity contribution in [3.8, 4) is 22.6 Å². The van der Waals surface area contributed by atoms with E-state index in [2.05, 4.69) is 0 Å². The van der Waals surface area contributed by atoms with Gasteiger partial charge in [0.1, 0.15) is 29.8 Å². The van der Waals surface area contributed by atoms with E-state index in [4.69, 9.17) is 14.2 Å². The number of aliphatic hydroxyl groups excluding tert-OH is 3. The number of rotatable bonds is 4. The summed E-state index contributed by atoms with van der Waals surface area (Å²) < 4.78 is 16.0. The lowest BCUT2D eigenvalue weighted by atomic mass is 10.0. The van der Waals surface area contributed by atoms with Crippen molar-refractivity contribution in [2.75, 3.05) is 13.7 Å². The van der Waals surface area contributed by atoms with Crippen LogP contribution in [0.1, 0.15) is 0 Å². The summed E-state index contributed by atoms with van der Waals surface area (Å²) >= 11 is 0. The predicted molar refractivity (Wildman–Crippen MR) is 86.8 cm³/mol. The summed E-state index contributed by atoms with van der Waals surface area (Å²) in [6.45, 7) is -0.0925. The minimum absolute atomic E-state index is 0.0925. The molecule has 0 saturated carbocycles. The topological polar surface area (TPSA) is 88.4 Å². The van der Waals surface area contributed by atoms with Gasteiger partial charge in [0, 0.05) is 0 Å². The van der Waals surface area contributed by atoms with Gasteiger partial charge in [-0.05, 0) is 35.4 Å². The van der Waals surface area contributed by atoms with E-state index in [9.17, 15) is 15.3 Å². The number of hydrogen-bond acceptors (Lipinski definition) is 6. The van der Waals surface area contributed by atoms with Crippen LogP contribution >= 0.6 is 0 Å². The quantitative estimate of drug-likeness (QED) is 0.779. The van der Waals surface area contributed by atoms with Crippen LogP contribution in [0, 0.1) is 0 Å². The molecule has 1 aliphatic heterocycles. The second-order valence-electron chi connectivity index (χ2n) is 5.62. The van der Waals surface area contributed by atoms with E-state index >= 15 is 0 Å². The van der Waals surface area contributed by atoms with Gasteiger partial charge in [-0.15, -0.1) is 0 Å². The van der Waals surface area contributed by atoms with E-state index in [1.54, 1.807) is 19.2 Å². The van der Waals surface area contributed by atoms with Crippen molar-refractivity contribution in [1.82, 2.24) is 0 Å². The van der Waals surface area contributed by atoms with Gasteiger partial charge in [0.25, 0.3) is 0 Å². The summed E-state index contributed by atoms with van der Waals surface area (Å²) in [5.74, 6) is 1.27. The van der Waals surface area contributed by atoms with Crippen molar-refractivity contribution < 1.29 is 29.5 Å². The molecule has 1 heterocycles. The van der Waals surface area contributed by atoms with Crippen LogP contribution in [-0.2, 0) is 4.74 Å². The number of hydrogen-bond donors (Lipinski definition) is 3. The first kappa shape index (κ1) is 16.7. The van der Waals surface area contributed by atoms with Gasteiger partial charge in [-0.2, -0.15) is 0 Å². The van der Waals surface area contributed by atoms with Gasteiger partial charge in [-0.25, -0.2) is 0 Å². The molecule has 1 saturated heterocycles. The van der Waals surface area contributed by atoms with Crippen molar-refractivity contribution in [3.05, 3.63) is 48.5 Å². The first-order chi connectivity index (χ1) is 11.6. The lowest BCUT2D eigenvalue weighted by Crippen LogP contribution is -2.54. The van der Waals surface area contributed by atoms with Crippen LogP contribution in [0.2, 0.25) is 0 Å². The minimum Gasteiger partial charge on any atom is -0.497 e. The molecule has 0 spiro atoms. The highest BCUT2D eigenvalue weighted by Gasteiger charge is 2.38. The summed E-state index contributed by atoms with van der Waals surface area (Å²) in [6.07, 6.45) is -4.74. The Hall–Kier alpha value is -2.12. The SMILES string of the molecule is COc1cccc(-c2ccc(OC3OCC(O)C(O)C3O)cc2)c1. The normalized spacial score (nSPS) is 26.8. The maximum atomic E-state index is 9.89. The molecule has 0 bridgehead atoms. The molecule has 0 aliphatic carbocycles. The van der Waals surface area contributed by atoms with Gasteiger partial charge in [0.2, 0.25) is 6.29 Å². The average Bonchev–Trinajstić information content (AvgIpc) is 2.63. The van der Waals surface area contributed by atoms with Crippen molar-refractivity contribution >= 4 is 0 Å².